The summed E-state index contributed by atoms with van der Waals surface area (Å²) in [5.74, 6) is 0.0129. The third kappa shape index (κ3) is 5.45. The van der Waals surface area contributed by atoms with Gasteiger partial charge in [0.05, 0.1) is 19.7 Å². The summed E-state index contributed by atoms with van der Waals surface area (Å²) in [6.45, 7) is 0.112. The van der Waals surface area contributed by atoms with Gasteiger partial charge in [0, 0.05) is 18.5 Å². The second-order valence-corrected chi connectivity index (χ2v) is 8.39. The first-order chi connectivity index (χ1) is 14.6. The standard InChI is InChI=1S/C21H20F3NO5S/c1-29-17-9-5-8-16(12-17)19-13-18(30-31(27,28)21(22,23)24)10-11-25(19)14-20(26)15-6-3-2-4-7-15/h2-9,12-13,19H,10-11,14H2,1H3. The number of carbonyl (C=O) groups excluding carboxylic acids is 1. The summed E-state index contributed by atoms with van der Waals surface area (Å²) in [7, 11) is -4.31. The molecular formula is C21H20F3NO5S. The van der Waals surface area contributed by atoms with Crippen molar-refractivity contribution in [2.45, 2.75) is 18.0 Å². The van der Waals surface area contributed by atoms with Crippen LogP contribution >= 0.6 is 0 Å². The van der Waals surface area contributed by atoms with E-state index in [9.17, 15) is 26.4 Å². The number of carbonyl (C=O) groups is 1. The highest BCUT2D eigenvalue weighted by molar-refractivity contribution is 7.87. The second kappa shape index (κ2) is 9.11. The third-order valence-corrected chi connectivity index (χ3v) is 5.76. The molecule has 0 fully saturated rings. The normalized spacial score (nSPS) is 17.7. The highest BCUT2D eigenvalue weighted by atomic mass is 32.2. The molecule has 31 heavy (non-hydrogen) atoms. The van der Waals surface area contributed by atoms with Crippen LogP contribution < -0.4 is 4.74 Å². The maximum Gasteiger partial charge on any atom is 0.534 e. The van der Waals surface area contributed by atoms with E-state index < -0.39 is 21.7 Å². The molecule has 2 aromatic carbocycles. The van der Waals surface area contributed by atoms with E-state index in [1.54, 1.807) is 59.5 Å². The number of halogens is 3. The van der Waals surface area contributed by atoms with E-state index in [4.69, 9.17) is 4.74 Å². The minimum absolute atomic E-state index is 0.0122. The van der Waals surface area contributed by atoms with Crippen LogP contribution in [0.25, 0.3) is 0 Å². The SMILES string of the molecule is COc1cccc(C2C=C(OS(=O)(=O)C(F)(F)F)CCN2CC(=O)c2ccccc2)c1. The molecule has 1 atom stereocenters. The molecule has 3 rings (SSSR count). The number of hydrogen-bond donors (Lipinski definition) is 0. The van der Waals surface area contributed by atoms with Gasteiger partial charge in [-0.3, -0.25) is 9.69 Å². The number of methoxy groups -OCH3 is 1. The lowest BCUT2D eigenvalue weighted by atomic mass is 9.99. The van der Waals surface area contributed by atoms with Gasteiger partial charge in [-0.1, -0.05) is 42.5 Å². The molecule has 1 heterocycles. The Hall–Kier alpha value is -2.85. The first-order valence-corrected chi connectivity index (χ1v) is 10.7. The van der Waals surface area contributed by atoms with Crippen LogP contribution in [-0.2, 0) is 14.3 Å². The van der Waals surface area contributed by atoms with Gasteiger partial charge in [-0.15, -0.1) is 0 Å². The number of ketones is 1. The maximum absolute atomic E-state index is 12.7. The van der Waals surface area contributed by atoms with Crippen LogP contribution in [0.15, 0.2) is 66.4 Å². The Morgan fingerprint density at radius 2 is 1.84 bits per heavy atom. The zero-order valence-corrected chi connectivity index (χ0v) is 17.3. The molecule has 2 aromatic rings. The smallest absolute Gasteiger partial charge is 0.497 e. The molecule has 0 radical (unpaired) electrons. The van der Waals surface area contributed by atoms with E-state index in [2.05, 4.69) is 4.18 Å². The number of rotatable bonds is 7. The number of benzene rings is 2. The quantitative estimate of drug-likeness (QED) is 0.356. The van der Waals surface area contributed by atoms with E-state index in [0.29, 0.717) is 16.9 Å². The highest BCUT2D eigenvalue weighted by Gasteiger charge is 2.49. The molecule has 0 bridgehead atoms. The topological polar surface area (TPSA) is 72.9 Å². The third-order valence-electron chi connectivity index (χ3n) is 4.76. The molecule has 10 heteroatoms. The van der Waals surface area contributed by atoms with Crippen LogP contribution in [0.3, 0.4) is 0 Å². The Balaban J connectivity index is 1.92. The number of hydrogen-bond acceptors (Lipinski definition) is 6. The predicted octanol–water partition coefficient (Wildman–Crippen LogP) is 4.08. The van der Waals surface area contributed by atoms with Crippen molar-refractivity contribution in [3.63, 3.8) is 0 Å². The van der Waals surface area contributed by atoms with Gasteiger partial charge < -0.3 is 8.92 Å². The molecule has 0 spiro atoms. The second-order valence-electron chi connectivity index (χ2n) is 6.85. The molecule has 0 saturated heterocycles. The highest BCUT2D eigenvalue weighted by Crippen LogP contribution is 2.34. The Morgan fingerprint density at radius 1 is 1.13 bits per heavy atom. The zero-order chi connectivity index (χ0) is 22.6. The van der Waals surface area contributed by atoms with Gasteiger partial charge in [0.2, 0.25) is 0 Å². The molecule has 0 saturated carbocycles. The molecule has 1 unspecified atom stereocenters. The van der Waals surface area contributed by atoms with Crippen molar-refractivity contribution >= 4 is 15.9 Å². The number of Topliss-reactive ketones (excluding diaryl/α,β-unsaturated/α-hetero) is 1. The first kappa shape index (κ1) is 22.8. The summed E-state index contributed by atoms with van der Waals surface area (Å²) in [5, 5.41) is 0. The summed E-state index contributed by atoms with van der Waals surface area (Å²) in [5.41, 5.74) is -4.41. The Bertz CT molecular complexity index is 1070. The number of nitrogens with zero attached hydrogens (tertiary/aromatic N) is 1. The lowest BCUT2D eigenvalue weighted by Gasteiger charge is -2.34. The molecule has 166 valence electrons. The van der Waals surface area contributed by atoms with Gasteiger partial charge in [-0.05, 0) is 23.8 Å². The fourth-order valence-corrected chi connectivity index (χ4v) is 3.74. The molecule has 0 aromatic heterocycles. The summed E-state index contributed by atoms with van der Waals surface area (Å²) in [4.78, 5) is 14.4. The zero-order valence-electron chi connectivity index (χ0n) is 16.5. The van der Waals surface area contributed by atoms with Gasteiger partial charge in [-0.25, -0.2) is 0 Å². The monoisotopic (exact) mass is 455 g/mol. The Labute approximate surface area is 178 Å². The van der Waals surface area contributed by atoms with Crippen molar-refractivity contribution in [3.8, 4) is 5.75 Å². The van der Waals surface area contributed by atoms with Crippen LogP contribution in [0.1, 0.15) is 28.4 Å². The van der Waals surface area contributed by atoms with Crippen molar-refractivity contribution in [2.24, 2.45) is 0 Å². The molecule has 0 amide bonds. The average Bonchev–Trinajstić information content (AvgIpc) is 2.74. The maximum atomic E-state index is 12.7. The van der Waals surface area contributed by atoms with Gasteiger partial charge in [0.1, 0.15) is 11.5 Å². The number of ether oxygens (including phenoxy) is 1. The van der Waals surface area contributed by atoms with E-state index in [1.165, 1.54) is 13.2 Å². The van der Waals surface area contributed by atoms with Gasteiger partial charge >= 0.3 is 15.6 Å². The van der Waals surface area contributed by atoms with Crippen LogP contribution in [0.2, 0.25) is 0 Å². The van der Waals surface area contributed by atoms with Crippen LogP contribution in [-0.4, -0.2) is 44.8 Å². The van der Waals surface area contributed by atoms with E-state index >= 15 is 0 Å². The predicted molar refractivity (Wildman–Crippen MR) is 107 cm³/mol. The minimum Gasteiger partial charge on any atom is -0.497 e. The van der Waals surface area contributed by atoms with Gasteiger partial charge in [0.15, 0.2) is 5.78 Å². The lowest BCUT2D eigenvalue weighted by molar-refractivity contribution is -0.0525. The Kier molecular flexibility index (Phi) is 6.71. The fraction of sp³-hybridized carbons (Fsp3) is 0.286. The van der Waals surface area contributed by atoms with Crippen molar-refractivity contribution in [1.29, 1.82) is 0 Å². The lowest BCUT2D eigenvalue weighted by Crippen LogP contribution is -2.37. The summed E-state index contributed by atoms with van der Waals surface area (Å²) in [6, 6.07) is 14.7. The van der Waals surface area contributed by atoms with Crippen molar-refractivity contribution in [1.82, 2.24) is 4.90 Å². The summed E-state index contributed by atoms with van der Waals surface area (Å²) < 4.78 is 70.6. The van der Waals surface area contributed by atoms with Crippen molar-refractivity contribution in [3.05, 3.63) is 77.6 Å². The van der Waals surface area contributed by atoms with Crippen molar-refractivity contribution in [2.75, 3.05) is 20.2 Å². The molecule has 0 aliphatic carbocycles. The molecule has 1 aliphatic heterocycles. The fourth-order valence-electron chi connectivity index (χ4n) is 3.23. The molecular weight excluding hydrogens is 435 g/mol. The molecule has 1 aliphatic rings. The average molecular weight is 455 g/mol. The van der Waals surface area contributed by atoms with E-state index in [-0.39, 0.29) is 31.1 Å². The van der Waals surface area contributed by atoms with Crippen LogP contribution in [0.5, 0.6) is 5.75 Å². The Morgan fingerprint density at radius 3 is 2.48 bits per heavy atom. The largest absolute Gasteiger partial charge is 0.534 e. The van der Waals surface area contributed by atoms with Gasteiger partial charge in [-0.2, -0.15) is 21.6 Å². The first-order valence-electron chi connectivity index (χ1n) is 9.28. The summed E-state index contributed by atoms with van der Waals surface area (Å²) in [6.07, 6.45) is 1.19. The van der Waals surface area contributed by atoms with Crippen LogP contribution in [0, 0.1) is 0 Å². The van der Waals surface area contributed by atoms with Gasteiger partial charge in [0.25, 0.3) is 0 Å². The van der Waals surface area contributed by atoms with E-state index in [0.717, 1.165) is 0 Å². The number of alkyl halides is 3. The van der Waals surface area contributed by atoms with Crippen molar-refractivity contribution < 1.29 is 35.3 Å². The molecule has 0 N–H and O–H groups in total. The minimum atomic E-state index is -5.78. The molecule has 6 nitrogen and oxygen atoms in total. The van der Waals surface area contributed by atoms with Crippen LogP contribution in [0.4, 0.5) is 13.2 Å². The summed E-state index contributed by atoms with van der Waals surface area (Å²) >= 11 is 0. The van der Waals surface area contributed by atoms with E-state index in [1.807, 2.05) is 0 Å².